The van der Waals surface area contributed by atoms with Gasteiger partial charge in [-0.1, -0.05) is 18.2 Å². The monoisotopic (exact) mass is 371 g/mol. The molecule has 0 unspecified atom stereocenters. The van der Waals surface area contributed by atoms with E-state index in [0.717, 1.165) is 70.9 Å². The Balaban J connectivity index is 1.40. The van der Waals surface area contributed by atoms with E-state index in [2.05, 4.69) is 57.9 Å². The molecular weight excluding hydrogens is 338 g/mol. The normalized spacial score (nSPS) is 16.7. The number of likely N-dealkylation sites (tertiary alicyclic amines) is 1. The molecule has 1 saturated heterocycles. The van der Waals surface area contributed by atoms with Crippen LogP contribution in [0, 0.1) is 0 Å². The standard InChI is InChI=1S/C21H33N5O/c1-2-22-21(23-11-5-13-26-14-9-18(27)10-15-26)24-12-8-17-16-25-20-7-4-3-6-19(17)20/h3-4,6-7,16,18,25,27H,2,5,8-15H2,1H3,(H2,22,23,24). The molecule has 0 aliphatic carbocycles. The number of nitrogens with zero attached hydrogens (tertiary/aromatic N) is 2. The highest BCUT2D eigenvalue weighted by Gasteiger charge is 2.15. The van der Waals surface area contributed by atoms with Gasteiger partial charge in [-0.25, -0.2) is 0 Å². The molecule has 1 aromatic carbocycles. The number of H-pyrrole nitrogens is 1. The third-order valence-corrected chi connectivity index (χ3v) is 5.17. The van der Waals surface area contributed by atoms with E-state index in [1.807, 2.05) is 0 Å². The van der Waals surface area contributed by atoms with Gasteiger partial charge < -0.3 is 25.6 Å². The number of aliphatic imine (C=N–C) groups is 1. The van der Waals surface area contributed by atoms with Crippen molar-refractivity contribution in [2.45, 2.75) is 38.7 Å². The maximum atomic E-state index is 9.57. The van der Waals surface area contributed by atoms with Gasteiger partial charge in [-0.15, -0.1) is 0 Å². The van der Waals surface area contributed by atoms with Gasteiger partial charge in [0.15, 0.2) is 5.96 Å². The number of aliphatic hydroxyl groups excluding tert-OH is 1. The first-order valence-electron chi connectivity index (χ1n) is 10.2. The highest BCUT2D eigenvalue weighted by Crippen LogP contribution is 2.17. The zero-order chi connectivity index (χ0) is 18.9. The van der Waals surface area contributed by atoms with E-state index >= 15 is 0 Å². The molecule has 0 atom stereocenters. The molecule has 1 aromatic heterocycles. The molecule has 27 heavy (non-hydrogen) atoms. The van der Waals surface area contributed by atoms with Gasteiger partial charge in [0, 0.05) is 49.8 Å². The Kier molecular flexibility index (Phi) is 7.54. The maximum Gasteiger partial charge on any atom is 0.191 e. The number of nitrogens with one attached hydrogen (secondary N) is 3. The van der Waals surface area contributed by atoms with Crippen LogP contribution in [0.4, 0.5) is 0 Å². The van der Waals surface area contributed by atoms with Crippen LogP contribution in [-0.4, -0.2) is 66.3 Å². The lowest BCUT2D eigenvalue weighted by Gasteiger charge is -2.29. The van der Waals surface area contributed by atoms with Gasteiger partial charge in [-0.2, -0.15) is 0 Å². The second-order valence-electron chi connectivity index (χ2n) is 7.22. The average Bonchev–Trinajstić information content (AvgIpc) is 3.10. The van der Waals surface area contributed by atoms with E-state index in [0.29, 0.717) is 0 Å². The van der Waals surface area contributed by atoms with Crippen molar-refractivity contribution in [2.24, 2.45) is 4.99 Å². The minimum atomic E-state index is -0.0963. The Morgan fingerprint density at radius 3 is 2.89 bits per heavy atom. The lowest BCUT2D eigenvalue weighted by molar-refractivity contribution is 0.0824. The van der Waals surface area contributed by atoms with Crippen LogP contribution in [0.3, 0.4) is 0 Å². The number of para-hydroxylation sites is 1. The van der Waals surface area contributed by atoms with Gasteiger partial charge in [0.25, 0.3) is 0 Å². The van der Waals surface area contributed by atoms with Crippen molar-refractivity contribution in [2.75, 3.05) is 39.3 Å². The van der Waals surface area contributed by atoms with Gasteiger partial charge in [-0.05, 0) is 50.8 Å². The maximum absolute atomic E-state index is 9.57. The van der Waals surface area contributed by atoms with Crippen LogP contribution in [0.5, 0.6) is 0 Å². The molecular formula is C21H33N5O. The molecule has 1 fully saturated rings. The number of fused-ring (bicyclic) bond motifs is 1. The molecule has 0 amide bonds. The third kappa shape index (κ3) is 5.97. The van der Waals surface area contributed by atoms with Gasteiger partial charge in [0.2, 0.25) is 0 Å². The fourth-order valence-corrected chi connectivity index (χ4v) is 3.62. The first-order valence-corrected chi connectivity index (χ1v) is 10.2. The zero-order valence-corrected chi connectivity index (χ0v) is 16.4. The molecule has 0 spiro atoms. The Morgan fingerprint density at radius 2 is 2.07 bits per heavy atom. The van der Waals surface area contributed by atoms with E-state index in [1.54, 1.807) is 0 Å². The smallest absolute Gasteiger partial charge is 0.191 e. The summed E-state index contributed by atoms with van der Waals surface area (Å²) in [5.41, 5.74) is 2.53. The number of aromatic amines is 1. The molecule has 4 N–H and O–H groups in total. The third-order valence-electron chi connectivity index (χ3n) is 5.17. The number of benzene rings is 1. The van der Waals surface area contributed by atoms with E-state index < -0.39 is 0 Å². The van der Waals surface area contributed by atoms with Crippen LogP contribution in [0.2, 0.25) is 0 Å². The summed E-state index contributed by atoms with van der Waals surface area (Å²) in [4.78, 5) is 10.5. The Labute approximate surface area is 162 Å². The van der Waals surface area contributed by atoms with Crippen LogP contribution in [0.15, 0.2) is 35.5 Å². The lowest BCUT2D eigenvalue weighted by Crippen LogP contribution is -2.39. The molecule has 6 heteroatoms. The van der Waals surface area contributed by atoms with E-state index in [9.17, 15) is 5.11 Å². The minimum absolute atomic E-state index is 0.0963. The van der Waals surface area contributed by atoms with Crippen LogP contribution in [0.1, 0.15) is 31.7 Å². The SMILES string of the molecule is CCNC(=NCCCN1CCC(O)CC1)NCCc1c[nH]c2ccccc12. The van der Waals surface area contributed by atoms with Crippen LogP contribution in [0.25, 0.3) is 10.9 Å². The fourth-order valence-electron chi connectivity index (χ4n) is 3.62. The average molecular weight is 372 g/mol. The lowest BCUT2D eigenvalue weighted by atomic mass is 10.1. The number of rotatable bonds is 8. The van der Waals surface area contributed by atoms with Crippen molar-refractivity contribution in [3.05, 3.63) is 36.0 Å². The first kappa shape index (κ1) is 19.7. The minimum Gasteiger partial charge on any atom is -0.393 e. The number of aromatic nitrogens is 1. The molecule has 0 radical (unpaired) electrons. The Bertz CT molecular complexity index is 718. The Morgan fingerprint density at radius 1 is 1.26 bits per heavy atom. The molecule has 2 aromatic rings. The van der Waals surface area contributed by atoms with Crippen molar-refractivity contribution in [3.8, 4) is 0 Å². The number of aliphatic hydroxyl groups is 1. The summed E-state index contributed by atoms with van der Waals surface area (Å²) in [6.45, 7) is 7.71. The summed E-state index contributed by atoms with van der Waals surface area (Å²) in [5.74, 6) is 0.895. The van der Waals surface area contributed by atoms with Gasteiger partial charge in [-0.3, -0.25) is 4.99 Å². The number of hydrogen-bond donors (Lipinski definition) is 4. The van der Waals surface area contributed by atoms with Crippen molar-refractivity contribution in [3.63, 3.8) is 0 Å². The molecule has 0 bridgehead atoms. The predicted molar refractivity (Wildman–Crippen MR) is 112 cm³/mol. The zero-order valence-electron chi connectivity index (χ0n) is 16.4. The number of guanidine groups is 1. The second kappa shape index (κ2) is 10.3. The summed E-state index contributed by atoms with van der Waals surface area (Å²) >= 11 is 0. The largest absolute Gasteiger partial charge is 0.393 e. The quantitative estimate of drug-likeness (QED) is 0.326. The van der Waals surface area contributed by atoms with Crippen LogP contribution >= 0.6 is 0 Å². The van der Waals surface area contributed by atoms with Gasteiger partial charge in [0.1, 0.15) is 0 Å². The van der Waals surface area contributed by atoms with Crippen molar-refractivity contribution < 1.29 is 5.11 Å². The molecule has 1 aliphatic rings. The van der Waals surface area contributed by atoms with E-state index in [4.69, 9.17) is 4.99 Å². The molecule has 0 saturated carbocycles. The summed E-state index contributed by atoms with van der Waals surface area (Å²) in [6, 6.07) is 8.42. The molecule has 148 valence electrons. The fraction of sp³-hybridized carbons (Fsp3) is 0.571. The van der Waals surface area contributed by atoms with Gasteiger partial charge >= 0.3 is 0 Å². The Hall–Kier alpha value is -2.05. The van der Waals surface area contributed by atoms with Gasteiger partial charge in [0.05, 0.1) is 6.10 Å². The van der Waals surface area contributed by atoms with Crippen molar-refractivity contribution in [1.29, 1.82) is 0 Å². The molecule has 2 heterocycles. The first-order chi connectivity index (χ1) is 13.3. The summed E-state index contributed by atoms with van der Waals surface area (Å²) in [6.07, 6.45) is 5.83. The number of hydrogen-bond acceptors (Lipinski definition) is 3. The van der Waals surface area contributed by atoms with Crippen LogP contribution in [-0.2, 0) is 6.42 Å². The predicted octanol–water partition coefficient (Wildman–Crippen LogP) is 2.11. The second-order valence-corrected chi connectivity index (χ2v) is 7.22. The van der Waals surface area contributed by atoms with Crippen molar-refractivity contribution in [1.82, 2.24) is 20.5 Å². The molecule has 6 nitrogen and oxygen atoms in total. The summed E-state index contributed by atoms with van der Waals surface area (Å²) in [7, 11) is 0. The van der Waals surface area contributed by atoms with Crippen LogP contribution < -0.4 is 10.6 Å². The highest BCUT2D eigenvalue weighted by molar-refractivity contribution is 5.83. The summed E-state index contributed by atoms with van der Waals surface area (Å²) in [5, 5.41) is 17.6. The molecule has 1 aliphatic heterocycles. The highest BCUT2D eigenvalue weighted by atomic mass is 16.3. The van der Waals surface area contributed by atoms with E-state index in [-0.39, 0.29) is 6.10 Å². The van der Waals surface area contributed by atoms with Crippen molar-refractivity contribution >= 4 is 16.9 Å². The number of piperidine rings is 1. The topological polar surface area (TPSA) is 75.7 Å². The molecule has 3 rings (SSSR count). The summed E-state index contributed by atoms with van der Waals surface area (Å²) < 4.78 is 0. The van der Waals surface area contributed by atoms with E-state index in [1.165, 1.54) is 16.5 Å².